The van der Waals surface area contributed by atoms with Crippen LogP contribution in [0, 0.1) is 0 Å². The molecule has 0 saturated heterocycles. The smallest absolute Gasteiger partial charge is 0.337 e. The minimum absolute atomic E-state index is 0.333. The molecule has 0 bridgehead atoms. The van der Waals surface area contributed by atoms with Crippen LogP contribution in [0.1, 0.15) is 36.7 Å². The molecule has 0 saturated carbocycles. The number of nitrogens with zero attached hydrogens (tertiary/aromatic N) is 1. The van der Waals surface area contributed by atoms with Crippen molar-refractivity contribution >= 4 is 11.8 Å². The Labute approximate surface area is 103 Å². The second kappa shape index (κ2) is 8.33. The normalized spacial score (nSPS) is 10.2. The molecule has 4 nitrogen and oxygen atoms in total. The number of ether oxygens (including phenoxy) is 1. The fourth-order valence-electron chi connectivity index (χ4n) is 1.08. The molecule has 0 fully saturated rings. The standard InChI is InChI=1S/C11H14N2O2.C2H6/c1-8(12)13-7-9-3-5-10(6-4-9)11(14)15-2;1-2/h3-6H,7H2,1-2H3,(H2,12,13);1-2H3. The van der Waals surface area contributed by atoms with Gasteiger partial charge in [-0.2, -0.15) is 0 Å². The van der Waals surface area contributed by atoms with Crippen LogP contribution < -0.4 is 5.73 Å². The maximum Gasteiger partial charge on any atom is 0.337 e. The first-order valence-electron chi connectivity index (χ1n) is 5.57. The Morgan fingerprint density at radius 2 is 1.82 bits per heavy atom. The van der Waals surface area contributed by atoms with E-state index in [-0.39, 0.29) is 5.97 Å². The van der Waals surface area contributed by atoms with Gasteiger partial charge in [-0.15, -0.1) is 0 Å². The molecule has 0 amide bonds. The summed E-state index contributed by atoms with van der Waals surface area (Å²) < 4.78 is 4.59. The fraction of sp³-hybridized carbons (Fsp3) is 0.385. The average molecular weight is 236 g/mol. The van der Waals surface area contributed by atoms with Crippen LogP contribution in [0.25, 0.3) is 0 Å². The van der Waals surface area contributed by atoms with E-state index in [4.69, 9.17) is 5.73 Å². The van der Waals surface area contributed by atoms with E-state index in [0.717, 1.165) is 5.56 Å². The van der Waals surface area contributed by atoms with Crippen molar-refractivity contribution in [2.45, 2.75) is 27.3 Å². The number of esters is 1. The van der Waals surface area contributed by atoms with Crippen LogP contribution in [0.15, 0.2) is 29.3 Å². The molecular weight excluding hydrogens is 216 g/mol. The number of amidine groups is 1. The quantitative estimate of drug-likeness (QED) is 0.498. The molecule has 1 aromatic rings. The molecule has 0 radical (unpaired) electrons. The van der Waals surface area contributed by atoms with Gasteiger partial charge in [0.15, 0.2) is 0 Å². The highest BCUT2D eigenvalue weighted by Crippen LogP contribution is 2.06. The Balaban J connectivity index is 0.00000121. The SMILES string of the molecule is CC.COC(=O)c1ccc(CN=C(C)N)cc1. The van der Waals surface area contributed by atoms with Gasteiger partial charge in [-0.3, -0.25) is 4.99 Å². The van der Waals surface area contributed by atoms with Crippen molar-refractivity contribution in [3.8, 4) is 0 Å². The van der Waals surface area contributed by atoms with Crippen molar-refractivity contribution in [2.24, 2.45) is 10.7 Å². The van der Waals surface area contributed by atoms with Crippen molar-refractivity contribution in [2.75, 3.05) is 7.11 Å². The minimum atomic E-state index is -0.333. The molecule has 1 aromatic carbocycles. The van der Waals surface area contributed by atoms with E-state index in [1.165, 1.54) is 7.11 Å². The van der Waals surface area contributed by atoms with Gasteiger partial charge in [-0.05, 0) is 24.6 Å². The number of hydrogen-bond acceptors (Lipinski definition) is 3. The molecule has 4 heteroatoms. The second-order valence-electron chi connectivity index (χ2n) is 3.15. The van der Waals surface area contributed by atoms with Crippen molar-refractivity contribution in [1.29, 1.82) is 0 Å². The molecule has 0 heterocycles. The summed E-state index contributed by atoms with van der Waals surface area (Å²) in [7, 11) is 1.36. The predicted octanol–water partition coefficient (Wildman–Crippen LogP) is 2.38. The molecule has 0 spiro atoms. The van der Waals surface area contributed by atoms with E-state index in [1.54, 1.807) is 19.1 Å². The Morgan fingerprint density at radius 3 is 2.24 bits per heavy atom. The second-order valence-corrected chi connectivity index (χ2v) is 3.15. The number of carbonyl (C=O) groups is 1. The van der Waals surface area contributed by atoms with Crippen LogP contribution >= 0.6 is 0 Å². The first-order valence-corrected chi connectivity index (χ1v) is 5.57. The summed E-state index contributed by atoms with van der Waals surface area (Å²) in [6.07, 6.45) is 0. The summed E-state index contributed by atoms with van der Waals surface area (Å²) >= 11 is 0. The van der Waals surface area contributed by atoms with E-state index in [1.807, 2.05) is 26.0 Å². The zero-order valence-corrected chi connectivity index (χ0v) is 10.9. The van der Waals surface area contributed by atoms with E-state index < -0.39 is 0 Å². The monoisotopic (exact) mass is 236 g/mol. The molecule has 1 rings (SSSR count). The molecule has 0 atom stereocenters. The van der Waals surface area contributed by atoms with Crippen LogP contribution in [0.2, 0.25) is 0 Å². The molecule has 0 aliphatic heterocycles. The molecule has 2 N–H and O–H groups in total. The van der Waals surface area contributed by atoms with Crippen LogP contribution in [-0.2, 0) is 11.3 Å². The minimum Gasteiger partial charge on any atom is -0.465 e. The van der Waals surface area contributed by atoms with Gasteiger partial charge in [-0.1, -0.05) is 26.0 Å². The van der Waals surface area contributed by atoms with E-state index in [9.17, 15) is 4.79 Å². The van der Waals surface area contributed by atoms with Gasteiger partial charge in [-0.25, -0.2) is 4.79 Å². The van der Waals surface area contributed by atoms with Crippen LogP contribution in [-0.4, -0.2) is 18.9 Å². The lowest BCUT2D eigenvalue weighted by molar-refractivity contribution is 0.0600. The number of hydrogen-bond donors (Lipinski definition) is 1. The molecule has 0 aliphatic rings. The summed E-state index contributed by atoms with van der Waals surface area (Å²) in [4.78, 5) is 15.2. The third-order valence-corrected chi connectivity index (χ3v) is 1.89. The fourth-order valence-corrected chi connectivity index (χ4v) is 1.08. The molecule has 0 aromatic heterocycles. The van der Waals surface area contributed by atoms with Crippen molar-refractivity contribution in [3.63, 3.8) is 0 Å². The van der Waals surface area contributed by atoms with Crippen LogP contribution in [0.3, 0.4) is 0 Å². The zero-order chi connectivity index (χ0) is 13.3. The lowest BCUT2D eigenvalue weighted by Gasteiger charge is -2.00. The average Bonchev–Trinajstić information content (AvgIpc) is 2.38. The number of aliphatic imine (C=N–C) groups is 1. The van der Waals surface area contributed by atoms with E-state index >= 15 is 0 Å². The lowest BCUT2D eigenvalue weighted by Crippen LogP contribution is -2.05. The van der Waals surface area contributed by atoms with E-state index in [2.05, 4.69) is 9.73 Å². The largest absolute Gasteiger partial charge is 0.465 e. The van der Waals surface area contributed by atoms with Gasteiger partial charge in [0.25, 0.3) is 0 Å². The maximum absolute atomic E-state index is 11.1. The first-order chi connectivity index (χ1) is 8.13. The van der Waals surface area contributed by atoms with Crippen LogP contribution in [0.4, 0.5) is 0 Å². The van der Waals surface area contributed by atoms with Crippen molar-refractivity contribution in [3.05, 3.63) is 35.4 Å². The lowest BCUT2D eigenvalue weighted by atomic mass is 10.1. The highest BCUT2D eigenvalue weighted by Gasteiger charge is 2.03. The van der Waals surface area contributed by atoms with Crippen molar-refractivity contribution in [1.82, 2.24) is 0 Å². The van der Waals surface area contributed by atoms with E-state index in [0.29, 0.717) is 17.9 Å². The summed E-state index contributed by atoms with van der Waals surface area (Å²) in [6, 6.07) is 7.09. The molecule has 17 heavy (non-hydrogen) atoms. The topological polar surface area (TPSA) is 64.7 Å². The maximum atomic E-state index is 11.1. The summed E-state index contributed by atoms with van der Waals surface area (Å²) in [5.74, 6) is 0.215. The van der Waals surface area contributed by atoms with Crippen LogP contribution in [0.5, 0.6) is 0 Å². The Kier molecular flexibility index (Phi) is 7.43. The Bertz CT molecular complexity index is 366. The highest BCUT2D eigenvalue weighted by atomic mass is 16.5. The zero-order valence-electron chi connectivity index (χ0n) is 10.9. The van der Waals surface area contributed by atoms with Gasteiger partial charge in [0, 0.05) is 0 Å². The number of methoxy groups -OCH3 is 1. The summed E-state index contributed by atoms with van der Waals surface area (Å²) in [5.41, 5.74) is 6.96. The molecule has 0 unspecified atom stereocenters. The third kappa shape index (κ3) is 5.70. The highest BCUT2D eigenvalue weighted by molar-refractivity contribution is 5.89. The predicted molar refractivity (Wildman–Crippen MR) is 70.1 cm³/mol. The summed E-state index contributed by atoms with van der Waals surface area (Å²) in [6.45, 7) is 6.27. The molecular formula is C13H20N2O2. The number of carbonyl (C=O) groups excluding carboxylic acids is 1. The van der Waals surface area contributed by atoms with Gasteiger partial charge in [0.1, 0.15) is 0 Å². The molecule has 94 valence electrons. The Hall–Kier alpha value is -1.84. The Morgan fingerprint density at radius 1 is 1.29 bits per heavy atom. The number of benzene rings is 1. The number of rotatable bonds is 3. The summed E-state index contributed by atoms with van der Waals surface area (Å²) in [5, 5.41) is 0. The molecule has 0 aliphatic carbocycles. The number of nitrogens with two attached hydrogens (primary N) is 1. The van der Waals surface area contributed by atoms with Gasteiger partial charge < -0.3 is 10.5 Å². The van der Waals surface area contributed by atoms with Gasteiger partial charge >= 0.3 is 5.97 Å². The van der Waals surface area contributed by atoms with Gasteiger partial charge in [0.2, 0.25) is 0 Å². The first kappa shape index (κ1) is 15.2. The third-order valence-electron chi connectivity index (χ3n) is 1.89. The van der Waals surface area contributed by atoms with Crippen molar-refractivity contribution < 1.29 is 9.53 Å². The van der Waals surface area contributed by atoms with Gasteiger partial charge in [0.05, 0.1) is 25.1 Å².